The number of carbonyl (C=O) groups is 1. The van der Waals surface area contributed by atoms with Crippen LogP contribution in [0.3, 0.4) is 0 Å². The fourth-order valence-electron chi connectivity index (χ4n) is 1.88. The van der Waals surface area contributed by atoms with Crippen LogP contribution in [-0.2, 0) is 9.53 Å². The summed E-state index contributed by atoms with van der Waals surface area (Å²) in [5.41, 5.74) is 0.184. The van der Waals surface area contributed by atoms with Crippen LogP contribution in [0.5, 0.6) is 0 Å². The van der Waals surface area contributed by atoms with Crippen LogP contribution < -0.4 is 0 Å². The predicted octanol–water partition coefficient (Wildman–Crippen LogP) is 2.52. The first kappa shape index (κ1) is 9.56. The largest absolute Gasteiger partial charge is 0.462 e. The van der Waals surface area contributed by atoms with E-state index in [1.54, 1.807) is 0 Å². The summed E-state index contributed by atoms with van der Waals surface area (Å²) in [5.74, 6) is -0.144. The summed E-state index contributed by atoms with van der Waals surface area (Å²) in [6.45, 7) is 5.85. The summed E-state index contributed by atoms with van der Waals surface area (Å²) in [7, 11) is 0. The second-order valence-electron chi connectivity index (χ2n) is 4.33. The molecule has 0 N–H and O–H groups in total. The zero-order valence-corrected chi connectivity index (χ0v) is 8.22. The first-order valence-corrected chi connectivity index (χ1v) is 4.69. The van der Waals surface area contributed by atoms with Crippen molar-refractivity contribution in [1.82, 2.24) is 0 Å². The summed E-state index contributed by atoms with van der Waals surface area (Å²) in [6.07, 6.45) is 4.81. The van der Waals surface area contributed by atoms with E-state index in [1.807, 2.05) is 0 Å². The van der Waals surface area contributed by atoms with Crippen molar-refractivity contribution in [1.29, 1.82) is 0 Å². The molecule has 2 heteroatoms. The SMILES string of the molecule is CC(=O)O[C@H]1CCCCC1(C)C. The Balaban J connectivity index is 2.54. The van der Waals surface area contributed by atoms with E-state index in [2.05, 4.69) is 13.8 Å². The van der Waals surface area contributed by atoms with Gasteiger partial charge in [0.05, 0.1) is 0 Å². The summed E-state index contributed by atoms with van der Waals surface area (Å²) < 4.78 is 5.27. The smallest absolute Gasteiger partial charge is 0.302 e. The Morgan fingerprint density at radius 1 is 1.42 bits per heavy atom. The molecule has 12 heavy (non-hydrogen) atoms. The molecular formula is C10H18O2. The minimum atomic E-state index is -0.144. The molecule has 0 aromatic heterocycles. The first-order chi connectivity index (χ1) is 5.52. The second kappa shape index (κ2) is 3.46. The number of rotatable bonds is 1. The Morgan fingerprint density at radius 3 is 2.58 bits per heavy atom. The number of carbonyl (C=O) groups excluding carboxylic acids is 1. The van der Waals surface area contributed by atoms with Gasteiger partial charge in [-0.2, -0.15) is 0 Å². The fraction of sp³-hybridized carbons (Fsp3) is 0.900. The predicted molar refractivity (Wildman–Crippen MR) is 47.8 cm³/mol. The zero-order chi connectivity index (χ0) is 9.19. The van der Waals surface area contributed by atoms with Crippen LogP contribution in [0, 0.1) is 5.41 Å². The number of hydrogen-bond acceptors (Lipinski definition) is 2. The van der Waals surface area contributed by atoms with Crippen LogP contribution >= 0.6 is 0 Å². The van der Waals surface area contributed by atoms with Crippen LogP contribution in [0.15, 0.2) is 0 Å². The molecule has 1 saturated carbocycles. The molecule has 1 aliphatic carbocycles. The van der Waals surface area contributed by atoms with Gasteiger partial charge in [-0.25, -0.2) is 0 Å². The highest BCUT2D eigenvalue weighted by Gasteiger charge is 2.34. The Hall–Kier alpha value is -0.530. The van der Waals surface area contributed by atoms with Gasteiger partial charge in [-0.3, -0.25) is 4.79 Å². The molecule has 0 aromatic carbocycles. The summed E-state index contributed by atoms with van der Waals surface area (Å²) in [5, 5.41) is 0. The lowest BCUT2D eigenvalue weighted by Crippen LogP contribution is -2.36. The molecule has 1 fully saturated rings. The monoisotopic (exact) mass is 170 g/mol. The molecule has 0 bridgehead atoms. The normalized spacial score (nSPS) is 28.1. The van der Waals surface area contributed by atoms with Crippen LogP contribution in [0.25, 0.3) is 0 Å². The molecule has 2 nitrogen and oxygen atoms in total. The van der Waals surface area contributed by atoms with Gasteiger partial charge < -0.3 is 4.74 Å². The van der Waals surface area contributed by atoms with Crippen molar-refractivity contribution in [3.05, 3.63) is 0 Å². The highest BCUT2D eigenvalue weighted by Crippen LogP contribution is 2.37. The third kappa shape index (κ3) is 2.23. The molecule has 0 radical (unpaired) electrons. The Morgan fingerprint density at radius 2 is 2.08 bits per heavy atom. The van der Waals surface area contributed by atoms with Crippen LogP contribution in [-0.4, -0.2) is 12.1 Å². The van der Waals surface area contributed by atoms with Crippen molar-refractivity contribution in [2.24, 2.45) is 5.41 Å². The van der Waals surface area contributed by atoms with E-state index in [4.69, 9.17) is 4.74 Å². The topological polar surface area (TPSA) is 26.3 Å². The van der Waals surface area contributed by atoms with E-state index < -0.39 is 0 Å². The van der Waals surface area contributed by atoms with Crippen LogP contribution in [0.4, 0.5) is 0 Å². The fourth-order valence-corrected chi connectivity index (χ4v) is 1.88. The Kier molecular flexibility index (Phi) is 2.76. The lowest BCUT2D eigenvalue weighted by molar-refractivity contribution is -0.155. The molecule has 1 aliphatic rings. The van der Waals surface area contributed by atoms with Gasteiger partial charge in [-0.15, -0.1) is 0 Å². The maximum absolute atomic E-state index is 10.8. The highest BCUT2D eigenvalue weighted by molar-refractivity contribution is 5.66. The summed E-state index contributed by atoms with van der Waals surface area (Å²) >= 11 is 0. The molecule has 1 atom stereocenters. The average Bonchev–Trinajstić information content (AvgIpc) is 1.92. The van der Waals surface area contributed by atoms with Crippen molar-refractivity contribution >= 4 is 5.97 Å². The van der Waals surface area contributed by atoms with Crippen molar-refractivity contribution in [3.63, 3.8) is 0 Å². The second-order valence-corrected chi connectivity index (χ2v) is 4.33. The number of esters is 1. The average molecular weight is 170 g/mol. The Bertz CT molecular complexity index is 173. The lowest BCUT2D eigenvalue weighted by atomic mass is 9.75. The lowest BCUT2D eigenvalue weighted by Gasteiger charge is -2.37. The number of ether oxygens (including phenoxy) is 1. The molecule has 0 amide bonds. The van der Waals surface area contributed by atoms with Gasteiger partial charge in [0.2, 0.25) is 0 Å². The van der Waals surface area contributed by atoms with Crippen molar-refractivity contribution in [3.8, 4) is 0 Å². The maximum Gasteiger partial charge on any atom is 0.302 e. The molecule has 70 valence electrons. The van der Waals surface area contributed by atoms with Crippen molar-refractivity contribution < 1.29 is 9.53 Å². The molecule has 0 unspecified atom stereocenters. The molecule has 0 aliphatic heterocycles. The third-order valence-electron chi connectivity index (χ3n) is 2.72. The summed E-state index contributed by atoms with van der Waals surface area (Å²) in [6, 6.07) is 0. The highest BCUT2D eigenvalue weighted by atomic mass is 16.5. The standard InChI is InChI=1S/C10H18O2/c1-8(11)12-9-6-4-5-7-10(9,2)3/h9H,4-7H2,1-3H3/t9-/m0/s1. The van der Waals surface area contributed by atoms with E-state index in [-0.39, 0.29) is 17.5 Å². The van der Waals surface area contributed by atoms with Crippen LogP contribution in [0.1, 0.15) is 46.5 Å². The van der Waals surface area contributed by atoms with Crippen molar-refractivity contribution in [2.45, 2.75) is 52.6 Å². The van der Waals surface area contributed by atoms with E-state index in [0.29, 0.717) is 0 Å². The van der Waals surface area contributed by atoms with Gasteiger partial charge >= 0.3 is 5.97 Å². The van der Waals surface area contributed by atoms with Gasteiger partial charge in [-0.1, -0.05) is 20.3 Å². The minimum absolute atomic E-state index is 0.142. The molecule has 1 rings (SSSR count). The van der Waals surface area contributed by atoms with E-state index in [9.17, 15) is 4.79 Å². The van der Waals surface area contributed by atoms with Crippen LogP contribution in [0.2, 0.25) is 0 Å². The third-order valence-corrected chi connectivity index (χ3v) is 2.72. The van der Waals surface area contributed by atoms with Gasteiger partial charge in [0.25, 0.3) is 0 Å². The Labute approximate surface area is 74.3 Å². The zero-order valence-electron chi connectivity index (χ0n) is 8.22. The first-order valence-electron chi connectivity index (χ1n) is 4.69. The quantitative estimate of drug-likeness (QED) is 0.565. The molecule has 0 heterocycles. The van der Waals surface area contributed by atoms with Gasteiger partial charge in [-0.05, 0) is 19.3 Å². The van der Waals surface area contributed by atoms with Crippen molar-refractivity contribution in [2.75, 3.05) is 0 Å². The molecular weight excluding hydrogens is 152 g/mol. The maximum atomic E-state index is 10.8. The molecule has 0 aromatic rings. The molecule has 0 saturated heterocycles. The minimum Gasteiger partial charge on any atom is -0.462 e. The summed E-state index contributed by atoms with van der Waals surface area (Å²) in [4.78, 5) is 10.8. The van der Waals surface area contributed by atoms with E-state index in [0.717, 1.165) is 6.42 Å². The molecule has 0 spiro atoms. The number of hydrogen-bond donors (Lipinski definition) is 0. The van der Waals surface area contributed by atoms with E-state index in [1.165, 1.54) is 26.2 Å². The van der Waals surface area contributed by atoms with Gasteiger partial charge in [0.1, 0.15) is 6.10 Å². The van der Waals surface area contributed by atoms with E-state index >= 15 is 0 Å². The van der Waals surface area contributed by atoms with Gasteiger partial charge in [0, 0.05) is 12.3 Å². The van der Waals surface area contributed by atoms with Gasteiger partial charge in [0.15, 0.2) is 0 Å².